The van der Waals surface area contributed by atoms with Crippen LogP contribution in [-0.2, 0) is 16.3 Å². The number of hydrogen-bond acceptors (Lipinski definition) is 3. The fourth-order valence-electron chi connectivity index (χ4n) is 4.50. The van der Waals surface area contributed by atoms with E-state index in [1.165, 1.54) is 25.5 Å². The van der Waals surface area contributed by atoms with Gasteiger partial charge >= 0.3 is 0 Å². The van der Waals surface area contributed by atoms with E-state index in [-0.39, 0.29) is 5.91 Å². The predicted molar refractivity (Wildman–Crippen MR) is 94.9 cm³/mol. The Morgan fingerprint density at radius 2 is 1.96 bits per heavy atom. The first kappa shape index (κ1) is 17.5. The zero-order valence-electron chi connectivity index (χ0n) is 14.8. The number of hydrogen-bond donors (Lipinski definition) is 0. The number of carbonyl (C=O) groups is 1. The molecule has 0 bridgehead atoms. The highest BCUT2D eigenvalue weighted by Crippen LogP contribution is 2.40. The van der Waals surface area contributed by atoms with E-state index < -0.39 is 9.84 Å². The van der Waals surface area contributed by atoms with Gasteiger partial charge in [0.1, 0.15) is 0 Å². The summed E-state index contributed by atoms with van der Waals surface area (Å²) < 4.78 is 24.1. The molecule has 3 atom stereocenters. The van der Waals surface area contributed by atoms with Crippen molar-refractivity contribution in [3.63, 3.8) is 0 Å². The molecule has 2 fully saturated rings. The fourth-order valence-corrected chi connectivity index (χ4v) is 5.53. The summed E-state index contributed by atoms with van der Waals surface area (Å²) in [7, 11) is -3.33. The molecule has 0 radical (unpaired) electrons. The van der Waals surface area contributed by atoms with Crippen LogP contribution in [0.1, 0.15) is 55.5 Å². The summed E-state index contributed by atoms with van der Waals surface area (Å²) in [4.78, 5) is 15.4. The first-order valence-electron chi connectivity index (χ1n) is 8.97. The van der Waals surface area contributed by atoms with E-state index in [0.29, 0.717) is 34.8 Å². The maximum Gasteiger partial charge on any atom is 0.254 e. The minimum atomic E-state index is -3.33. The average Bonchev–Trinajstić information content (AvgIpc) is 2.90. The predicted octanol–water partition coefficient (Wildman–Crippen LogP) is 3.30. The van der Waals surface area contributed by atoms with Gasteiger partial charge in [0.05, 0.1) is 4.90 Å². The van der Waals surface area contributed by atoms with Gasteiger partial charge in [0.2, 0.25) is 0 Å². The molecule has 1 saturated heterocycles. The number of fused-ring (bicyclic) bond motifs is 1. The second-order valence-corrected chi connectivity index (χ2v) is 9.38. The Kier molecular flexibility index (Phi) is 4.73. The maximum atomic E-state index is 13.1. The highest BCUT2D eigenvalue weighted by atomic mass is 32.2. The summed E-state index contributed by atoms with van der Waals surface area (Å²) in [5.74, 6) is 1.12. The Bertz CT molecular complexity index is 741. The number of aryl methyl sites for hydroxylation is 1. The van der Waals surface area contributed by atoms with Gasteiger partial charge in [-0.3, -0.25) is 4.79 Å². The molecule has 1 aromatic rings. The van der Waals surface area contributed by atoms with Crippen molar-refractivity contribution in [1.82, 2.24) is 4.90 Å². The molecule has 4 nitrogen and oxygen atoms in total. The van der Waals surface area contributed by atoms with Crippen LogP contribution in [0.25, 0.3) is 0 Å². The first-order valence-corrected chi connectivity index (χ1v) is 10.9. The lowest BCUT2D eigenvalue weighted by Gasteiger charge is -2.32. The van der Waals surface area contributed by atoms with Crippen LogP contribution in [0.3, 0.4) is 0 Å². The molecule has 5 heteroatoms. The third-order valence-electron chi connectivity index (χ3n) is 5.75. The molecule has 1 aliphatic carbocycles. The monoisotopic (exact) mass is 349 g/mol. The van der Waals surface area contributed by atoms with E-state index in [0.717, 1.165) is 18.5 Å². The molecule has 1 aliphatic heterocycles. The number of rotatable bonds is 3. The Labute approximate surface area is 145 Å². The molecule has 1 amide bonds. The highest BCUT2D eigenvalue weighted by Gasteiger charge is 2.42. The van der Waals surface area contributed by atoms with Gasteiger partial charge < -0.3 is 4.90 Å². The van der Waals surface area contributed by atoms with Crippen molar-refractivity contribution in [3.05, 3.63) is 29.3 Å². The number of carbonyl (C=O) groups excluding carboxylic acids is 1. The van der Waals surface area contributed by atoms with Crippen molar-refractivity contribution in [3.8, 4) is 0 Å². The maximum absolute atomic E-state index is 13.1. The fraction of sp³-hybridized carbons (Fsp3) is 0.632. The van der Waals surface area contributed by atoms with Crippen LogP contribution in [0.15, 0.2) is 23.1 Å². The average molecular weight is 349 g/mol. The minimum Gasteiger partial charge on any atom is -0.335 e. The zero-order chi connectivity index (χ0) is 17.5. The molecule has 1 saturated carbocycles. The summed E-state index contributed by atoms with van der Waals surface area (Å²) in [5, 5.41) is 0. The van der Waals surface area contributed by atoms with Crippen molar-refractivity contribution >= 4 is 15.7 Å². The number of amides is 1. The van der Waals surface area contributed by atoms with Gasteiger partial charge in [-0.05, 0) is 48.8 Å². The van der Waals surface area contributed by atoms with Crippen LogP contribution in [0, 0.1) is 11.8 Å². The van der Waals surface area contributed by atoms with Crippen molar-refractivity contribution in [2.75, 3.05) is 12.8 Å². The zero-order valence-corrected chi connectivity index (χ0v) is 15.6. The minimum absolute atomic E-state index is 0.0104. The van der Waals surface area contributed by atoms with Crippen LogP contribution < -0.4 is 0 Å². The number of benzene rings is 1. The Balaban J connectivity index is 1.93. The molecule has 0 N–H and O–H groups in total. The largest absolute Gasteiger partial charge is 0.335 e. The SMILES string of the molecule is CCc1ccc(C(=O)N2C[C@H](C)[C@H]3CCCC[C@@H]32)cc1S(C)(=O)=O. The van der Waals surface area contributed by atoms with Crippen LogP contribution >= 0.6 is 0 Å². The quantitative estimate of drug-likeness (QED) is 0.841. The van der Waals surface area contributed by atoms with E-state index in [2.05, 4.69) is 6.92 Å². The summed E-state index contributed by atoms with van der Waals surface area (Å²) in [6, 6.07) is 5.49. The van der Waals surface area contributed by atoms with Crippen molar-refractivity contribution in [2.45, 2.75) is 56.9 Å². The van der Waals surface area contributed by atoms with E-state index in [1.807, 2.05) is 11.8 Å². The van der Waals surface area contributed by atoms with E-state index in [9.17, 15) is 13.2 Å². The summed E-state index contributed by atoms with van der Waals surface area (Å²) in [6.07, 6.45) is 6.58. The Morgan fingerprint density at radius 3 is 2.62 bits per heavy atom. The topological polar surface area (TPSA) is 54.5 Å². The molecule has 2 aliphatic rings. The summed E-state index contributed by atoms with van der Waals surface area (Å²) >= 11 is 0. The lowest BCUT2D eigenvalue weighted by molar-refractivity contribution is 0.0690. The van der Waals surface area contributed by atoms with Gasteiger partial charge in [-0.15, -0.1) is 0 Å². The summed E-state index contributed by atoms with van der Waals surface area (Å²) in [6.45, 7) is 4.95. The Hall–Kier alpha value is -1.36. The third kappa shape index (κ3) is 3.10. The third-order valence-corrected chi connectivity index (χ3v) is 6.93. The first-order chi connectivity index (χ1) is 11.3. The van der Waals surface area contributed by atoms with Gasteiger partial charge in [0, 0.05) is 24.4 Å². The van der Waals surface area contributed by atoms with Gasteiger partial charge in [0.25, 0.3) is 5.91 Å². The molecule has 132 valence electrons. The van der Waals surface area contributed by atoms with Gasteiger partial charge in [-0.25, -0.2) is 8.42 Å². The van der Waals surface area contributed by atoms with Gasteiger partial charge in [0.15, 0.2) is 9.84 Å². The molecule has 24 heavy (non-hydrogen) atoms. The lowest BCUT2D eigenvalue weighted by atomic mass is 9.80. The number of likely N-dealkylation sites (tertiary alicyclic amines) is 1. The number of nitrogens with zero attached hydrogens (tertiary/aromatic N) is 1. The van der Waals surface area contributed by atoms with Crippen LogP contribution in [-0.4, -0.2) is 38.1 Å². The van der Waals surface area contributed by atoms with Gasteiger partial charge in [-0.1, -0.05) is 32.8 Å². The Morgan fingerprint density at radius 1 is 1.25 bits per heavy atom. The van der Waals surface area contributed by atoms with Crippen molar-refractivity contribution in [1.29, 1.82) is 0 Å². The summed E-state index contributed by atoms with van der Waals surface area (Å²) in [5.41, 5.74) is 1.28. The molecular weight excluding hydrogens is 322 g/mol. The lowest BCUT2D eigenvalue weighted by Crippen LogP contribution is -2.39. The molecule has 1 heterocycles. The van der Waals surface area contributed by atoms with E-state index >= 15 is 0 Å². The molecule has 0 aromatic heterocycles. The molecular formula is C19H27NO3S. The van der Waals surface area contributed by atoms with E-state index in [4.69, 9.17) is 0 Å². The van der Waals surface area contributed by atoms with Crippen molar-refractivity contribution in [2.24, 2.45) is 11.8 Å². The van der Waals surface area contributed by atoms with Crippen LogP contribution in [0.4, 0.5) is 0 Å². The van der Waals surface area contributed by atoms with Crippen molar-refractivity contribution < 1.29 is 13.2 Å². The van der Waals surface area contributed by atoms with Crippen LogP contribution in [0.5, 0.6) is 0 Å². The molecule has 0 spiro atoms. The van der Waals surface area contributed by atoms with Crippen LogP contribution in [0.2, 0.25) is 0 Å². The molecule has 0 unspecified atom stereocenters. The number of sulfone groups is 1. The smallest absolute Gasteiger partial charge is 0.254 e. The molecule has 1 aromatic carbocycles. The molecule has 3 rings (SSSR count). The highest BCUT2D eigenvalue weighted by molar-refractivity contribution is 7.90. The van der Waals surface area contributed by atoms with Gasteiger partial charge in [-0.2, -0.15) is 0 Å². The van der Waals surface area contributed by atoms with E-state index in [1.54, 1.807) is 18.2 Å². The second-order valence-electron chi connectivity index (χ2n) is 7.40. The second kappa shape index (κ2) is 6.51. The normalized spacial score (nSPS) is 27.1. The standard InChI is InChI=1S/C19H27NO3S/c1-4-14-9-10-15(11-18(14)24(3,22)23)19(21)20-12-13(2)16-7-5-6-8-17(16)20/h9-11,13,16-17H,4-8,12H2,1-3H3/t13-,16+,17-/m0/s1.